The molecular weight excluding hydrogens is 520 g/mol. The average Bonchev–Trinajstić information content (AvgIpc) is 2.85. The van der Waals surface area contributed by atoms with Gasteiger partial charge in [0.25, 0.3) is 0 Å². The monoisotopic (exact) mass is 560 g/mol. The Hall–Kier alpha value is -3.84. The van der Waals surface area contributed by atoms with E-state index >= 15 is 0 Å². The van der Waals surface area contributed by atoms with E-state index in [0.29, 0.717) is 0 Å². The molecular formula is C25H40N2O12. The molecule has 14 heteroatoms. The SMILES string of the molecule is C=C(C)C(=O)OCC(COC(=O)C(C)C)OC(=O)NCNC(=O)OC(COC(=O)C(C)C)COC(=O)C(C)C. The maximum Gasteiger partial charge on any atom is 0.409 e. The fourth-order valence-corrected chi connectivity index (χ4v) is 2.12. The normalized spacial score (nSPS) is 11.5. The summed E-state index contributed by atoms with van der Waals surface area (Å²) in [4.78, 5) is 71.2. The van der Waals surface area contributed by atoms with Crippen molar-refractivity contribution >= 4 is 36.1 Å². The molecule has 0 aliphatic carbocycles. The highest BCUT2D eigenvalue weighted by Gasteiger charge is 2.23. The summed E-state index contributed by atoms with van der Waals surface area (Å²) in [6.45, 7) is 12.6. The number of alkyl carbamates (subject to hydrolysis) is 2. The molecule has 0 saturated heterocycles. The van der Waals surface area contributed by atoms with E-state index in [9.17, 15) is 28.8 Å². The molecule has 0 rings (SSSR count). The van der Waals surface area contributed by atoms with Gasteiger partial charge in [0.1, 0.15) is 26.4 Å². The minimum absolute atomic E-state index is 0.122. The van der Waals surface area contributed by atoms with Crippen LogP contribution in [0.2, 0.25) is 0 Å². The zero-order valence-electron chi connectivity index (χ0n) is 23.5. The maximum absolute atomic E-state index is 12.2. The molecule has 0 aliphatic heterocycles. The van der Waals surface area contributed by atoms with Crippen LogP contribution in [0.1, 0.15) is 48.5 Å². The summed E-state index contributed by atoms with van der Waals surface area (Å²) in [5.74, 6) is -3.62. The maximum atomic E-state index is 12.2. The van der Waals surface area contributed by atoms with Crippen LogP contribution in [0.5, 0.6) is 0 Å². The Morgan fingerprint density at radius 2 is 0.897 bits per heavy atom. The first-order valence-corrected chi connectivity index (χ1v) is 12.3. The van der Waals surface area contributed by atoms with E-state index in [1.54, 1.807) is 41.5 Å². The van der Waals surface area contributed by atoms with Crippen LogP contribution in [0.3, 0.4) is 0 Å². The molecule has 0 heterocycles. The third-order valence-corrected chi connectivity index (χ3v) is 4.41. The zero-order valence-corrected chi connectivity index (χ0v) is 23.5. The fraction of sp³-hybridized carbons (Fsp3) is 0.680. The second-order valence-electron chi connectivity index (χ2n) is 9.32. The molecule has 2 amide bonds. The van der Waals surface area contributed by atoms with E-state index in [4.69, 9.17) is 28.4 Å². The average molecular weight is 561 g/mol. The first-order valence-electron chi connectivity index (χ1n) is 12.3. The topological polar surface area (TPSA) is 182 Å². The van der Waals surface area contributed by atoms with Crippen molar-refractivity contribution in [3.63, 3.8) is 0 Å². The highest BCUT2D eigenvalue weighted by atomic mass is 16.6. The Labute approximate surface area is 228 Å². The zero-order chi connectivity index (χ0) is 30.1. The first kappa shape index (κ1) is 35.2. The van der Waals surface area contributed by atoms with Crippen LogP contribution in [0, 0.1) is 17.8 Å². The Morgan fingerprint density at radius 1 is 0.590 bits per heavy atom. The number of nitrogens with one attached hydrogen (secondary N) is 2. The van der Waals surface area contributed by atoms with Crippen molar-refractivity contribution in [3.8, 4) is 0 Å². The summed E-state index contributed by atoms with van der Waals surface area (Å²) >= 11 is 0. The van der Waals surface area contributed by atoms with E-state index < -0.39 is 79.3 Å². The van der Waals surface area contributed by atoms with Crippen molar-refractivity contribution in [2.75, 3.05) is 33.1 Å². The van der Waals surface area contributed by atoms with E-state index in [0.717, 1.165) is 0 Å². The number of hydrogen-bond donors (Lipinski definition) is 2. The van der Waals surface area contributed by atoms with Crippen molar-refractivity contribution in [2.24, 2.45) is 17.8 Å². The lowest BCUT2D eigenvalue weighted by molar-refractivity contribution is -0.156. The Balaban J connectivity index is 4.86. The van der Waals surface area contributed by atoms with Crippen molar-refractivity contribution in [2.45, 2.75) is 60.7 Å². The van der Waals surface area contributed by atoms with Gasteiger partial charge in [0.15, 0.2) is 12.2 Å². The van der Waals surface area contributed by atoms with Gasteiger partial charge in [0.05, 0.1) is 24.4 Å². The highest BCUT2D eigenvalue weighted by Crippen LogP contribution is 2.05. The third-order valence-electron chi connectivity index (χ3n) is 4.41. The molecule has 39 heavy (non-hydrogen) atoms. The minimum atomic E-state index is -1.14. The van der Waals surface area contributed by atoms with Gasteiger partial charge in [-0.15, -0.1) is 0 Å². The fourth-order valence-electron chi connectivity index (χ4n) is 2.12. The highest BCUT2D eigenvalue weighted by molar-refractivity contribution is 5.87. The first-order chi connectivity index (χ1) is 18.1. The predicted molar refractivity (Wildman–Crippen MR) is 135 cm³/mol. The molecule has 0 aromatic heterocycles. The van der Waals surface area contributed by atoms with Gasteiger partial charge in [-0.25, -0.2) is 14.4 Å². The van der Waals surface area contributed by atoms with Crippen LogP contribution in [0.25, 0.3) is 0 Å². The van der Waals surface area contributed by atoms with Crippen LogP contribution in [0.4, 0.5) is 9.59 Å². The molecule has 1 unspecified atom stereocenters. The summed E-state index contributed by atoms with van der Waals surface area (Å²) in [7, 11) is 0. The summed E-state index contributed by atoms with van der Waals surface area (Å²) in [5.41, 5.74) is 0.122. The number of amides is 2. The van der Waals surface area contributed by atoms with Gasteiger partial charge in [-0.1, -0.05) is 48.1 Å². The van der Waals surface area contributed by atoms with Crippen molar-refractivity contribution < 1.29 is 57.2 Å². The lowest BCUT2D eigenvalue weighted by atomic mass is 10.2. The minimum Gasteiger partial charge on any atom is -0.461 e. The standard InChI is InChI=1S/C25H40N2O12/c1-14(2)20(28)34-9-18(10-35-21(29)15(3)4)38-24(32)26-13-27-25(33)39-19(11-36-22(30)16(5)6)12-37-23(31)17(7)8/h15-19H,1,9-13H2,2-8H3,(H,26,32)(H,27,33). The van der Waals surface area contributed by atoms with E-state index in [1.807, 2.05) is 0 Å². The lowest BCUT2D eigenvalue weighted by Crippen LogP contribution is -2.42. The van der Waals surface area contributed by atoms with Gasteiger partial charge in [-0.05, 0) is 6.92 Å². The molecule has 0 saturated carbocycles. The van der Waals surface area contributed by atoms with Crippen molar-refractivity contribution in [1.29, 1.82) is 0 Å². The molecule has 14 nitrogen and oxygen atoms in total. The number of carbonyl (C=O) groups is 6. The number of esters is 4. The van der Waals surface area contributed by atoms with Gasteiger partial charge in [0.2, 0.25) is 0 Å². The van der Waals surface area contributed by atoms with E-state index in [2.05, 4.69) is 17.2 Å². The molecule has 0 aromatic rings. The Kier molecular flexibility index (Phi) is 16.6. The molecule has 0 aromatic carbocycles. The molecule has 2 N–H and O–H groups in total. The molecule has 0 aliphatic rings. The second kappa shape index (κ2) is 18.4. The lowest BCUT2D eigenvalue weighted by Gasteiger charge is -2.20. The van der Waals surface area contributed by atoms with Gasteiger partial charge in [0, 0.05) is 5.57 Å². The van der Waals surface area contributed by atoms with Gasteiger partial charge < -0.3 is 39.1 Å². The van der Waals surface area contributed by atoms with Crippen LogP contribution in [0.15, 0.2) is 12.2 Å². The number of ether oxygens (including phenoxy) is 6. The van der Waals surface area contributed by atoms with Gasteiger partial charge in [-0.2, -0.15) is 0 Å². The molecule has 0 bridgehead atoms. The molecule has 1 atom stereocenters. The van der Waals surface area contributed by atoms with Crippen molar-refractivity contribution in [3.05, 3.63) is 12.2 Å². The summed E-state index contributed by atoms with van der Waals surface area (Å²) in [6, 6.07) is 0. The third kappa shape index (κ3) is 16.6. The summed E-state index contributed by atoms with van der Waals surface area (Å²) in [5, 5.41) is 4.46. The number of hydrogen-bond acceptors (Lipinski definition) is 12. The number of carbonyl (C=O) groups excluding carboxylic acids is 6. The largest absolute Gasteiger partial charge is 0.461 e. The Bertz CT molecular complexity index is 845. The molecule has 0 radical (unpaired) electrons. The van der Waals surface area contributed by atoms with E-state index in [-0.39, 0.29) is 25.4 Å². The molecule has 222 valence electrons. The van der Waals surface area contributed by atoms with E-state index in [1.165, 1.54) is 6.92 Å². The summed E-state index contributed by atoms with van der Waals surface area (Å²) in [6.07, 6.45) is -4.29. The molecule has 0 spiro atoms. The van der Waals surface area contributed by atoms with Crippen LogP contribution >= 0.6 is 0 Å². The molecule has 0 fully saturated rings. The summed E-state index contributed by atoms with van der Waals surface area (Å²) < 4.78 is 30.3. The second-order valence-corrected chi connectivity index (χ2v) is 9.32. The van der Waals surface area contributed by atoms with Crippen LogP contribution in [-0.2, 0) is 47.6 Å². The quantitative estimate of drug-likeness (QED) is 0.121. The predicted octanol–water partition coefficient (Wildman–Crippen LogP) is 1.85. The number of rotatable bonds is 16. The van der Waals surface area contributed by atoms with Crippen LogP contribution in [-0.4, -0.2) is 81.4 Å². The van der Waals surface area contributed by atoms with Gasteiger partial charge in [-0.3, -0.25) is 14.4 Å². The smallest absolute Gasteiger partial charge is 0.409 e. The Morgan fingerprint density at radius 3 is 1.18 bits per heavy atom. The van der Waals surface area contributed by atoms with Gasteiger partial charge >= 0.3 is 36.1 Å². The van der Waals surface area contributed by atoms with Crippen molar-refractivity contribution in [1.82, 2.24) is 10.6 Å². The van der Waals surface area contributed by atoms with Crippen LogP contribution < -0.4 is 10.6 Å².